The molecule has 1 atom stereocenters. The van der Waals surface area contributed by atoms with Crippen LogP contribution in [0.3, 0.4) is 0 Å². The molecule has 0 aromatic heterocycles. The molecule has 3 rings (SSSR count). The number of ether oxygens (including phenoxy) is 2. The van der Waals surface area contributed by atoms with Crippen molar-refractivity contribution in [2.45, 2.75) is 25.9 Å². The van der Waals surface area contributed by atoms with E-state index in [0.29, 0.717) is 25.4 Å². The Hall–Kier alpha value is -2.60. The Kier molecular flexibility index (Phi) is 7.09. The minimum Gasteiger partial charge on any atom is -0.497 e. The fourth-order valence-electron chi connectivity index (χ4n) is 3.92. The number of carbonyl (C=O) groups is 1. The Morgan fingerprint density at radius 2 is 2.03 bits per heavy atom. The molecule has 156 valence electrons. The number of halogens is 1. The fourth-order valence-corrected chi connectivity index (χ4v) is 3.92. The zero-order chi connectivity index (χ0) is 20.8. The second kappa shape index (κ2) is 9.74. The first-order valence-corrected chi connectivity index (χ1v) is 9.93. The number of hydrogen-bond acceptors (Lipinski definition) is 4. The first kappa shape index (κ1) is 21.1. The van der Waals surface area contributed by atoms with Crippen LogP contribution in [0.5, 0.6) is 11.5 Å². The number of carbonyl (C=O) groups excluding carboxylic acids is 1. The van der Waals surface area contributed by atoms with Gasteiger partial charge in [-0.25, -0.2) is 4.39 Å². The molecule has 1 aliphatic heterocycles. The molecule has 0 aliphatic carbocycles. The Labute approximate surface area is 172 Å². The van der Waals surface area contributed by atoms with Crippen LogP contribution < -0.4 is 9.47 Å². The van der Waals surface area contributed by atoms with Gasteiger partial charge in [0.05, 0.1) is 20.1 Å². The predicted molar refractivity (Wildman–Crippen MR) is 110 cm³/mol. The zero-order valence-electron chi connectivity index (χ0n) is 17.4. The van der Waals surface area contributed by atoms with Crippen LogP contribution >= 0.6 is 0 Å². The number of rotatable bonds is 7. The van der Waals surface area contributed by atoms with Gasteiger partial charge in [0.25, 0.3) is 0 Å². The van der Waals surface area contributed by atoms with Crippen LogP contribution in [-0.4, -0.2) is 50.1 Å². The summed E-state index contributed by atoms with van der Waals surface area (Å²) < 4.78 is 24.1. The minimum atomic E-state index is -0.222. The Morgan fingerprint density at radius 3 is 2.76 bits per heavy atom. The van der Waals surface area contributed by atoms with E-state index in [9.17, 15) is 9.18 Å². The minimum absolute atomic E-state index is 0.0495. The van der Waals surface area contributed by atoms with E-state index in [-0.39, 0.29) is 17.6 Å². The molecule has 5 nitrogen and oxygen atoms in total. The van der Waals surface area contributed by atoms with E-state index in [1.807, 2.05) is 31.3 Å². The van der Waals surface area contributed by atoms with Crippen molar-refractivity contribution < 1.29 is 18.7 Å². The highest BCUT2D eigenvalue weighted by molar-refractivity contribution is 5.79. The molecular formula is C23H29FN2O3. The average molecular weight is 400 g/mol. The quantitative estimate of drug-likeness (QED) is 0.711. The van der Waals surface area contributed by atoms with Crippen LogP contribution in [0.4, 0.5) is 4.39 Å². The summed E-state index contributed by atoms with van der Waals surface area (Å²) in [7, 11) is 5.06. The summed E-state index contributed by atoms with van der Waals surface area (Å²) in [6, 6.07) is 12.3. The van der Waals surface area contributed by atoms with Crippen molar-refractivity contribution in [3.63, 3.8) is 0 Å². The zero-order valence-corrected chi connectivity index (χ0v) is 17.4. The SMILES string of the molecule is COc1ccc(CN(C)C(=O)C2CCCN(Cc3cccc(F)c3)C2)c(OC)c1. The van der Waals surface area contributed by atoms with Crippen molar-refractivity contribution in [3.8, 4) is 11.5 Å². The molecule has 1 aliphatic rings. The summed E-state index contributed by atoms with van der Waals surface area (Å²) in [5.41, 5.74) is 1.88. The highest BCUT2D eigenvalue weighted by Gasteiger charge is 2.28. The van der Waals surface area contributed by atoms with E-state index in [0.717, 1.165) is 36.3 Å². The van der Waals surface area contributed by atoms with Crippen LogP contribution in [0.25, 0.3) is 0 Å². The van der Waals surface area contributed by atoms with Gasteiger partial charge in [0.1, 0.15) is 17.3 Å². The van der Waals surface area contributed by atoms with Gasteiger partial charge in [0.15, 0.2) is 0 Å². The van der Waals surface area contributed by atoms with Gasteiger partial charge in [-0.3, -0.25) is 9.69 Å². The Morgan fingerprint density at radius 1 is 1.21 bits per heavy atom. The van der Waals surface area contributed by atoms with Crippen molar-refractivity contribution in [1.82, 2.24) is 9.80 Å². The highest BCUT2D eigenvalue weighted by atomic mass is 19.1. The maximum absolute atomic E-state index is 13.5. The summed E-state index contributed by atoms with van der Waals surface area (Å²) in [5, 5.41) is 0. The number of amides is 1. The molecule has 0 spiro atoms. The number of hydrogen-bond donors (Lipinski definition) is 0. The normalized spacial score (nSPS) is 17.0. The Bertz CT molecular complexity index is 843. The molecule has 0 radical (unpaired) electrons. The van der Waals surface area contributed by atoms with Crippen molar-refractivity contribution >= 4 is 5.91 Å². The molecule has 1 unspecified atom stereocenters. The number of methoxy groups -OCH3 is 2. The number of piperidine rings is 1. The molecule has 1 saturated heterocycles. The third-order valence-electron chi connectivity index (χ3n) is 5.43. The second-order valence-corrected chi connectivity index (χ2v) is 7.58. The summed E-state index contributed by atoms with van der Waals surface area (Å²) in [4.78, 5) is 17.1. The molecule has 1 amide bonds. The molecule has 1 heterocycles. The lowest BCUT2D eigenvalue weighted by Crippen LogP contribution is -2.43. The molecule has 29 heavy (non-hydrogen) atoms. The first-order valence-electron chi connectivity index (χ1n) is 9.93. The molecular weight excluding hydrogens is 371 g/mol. The maximum Gasteiger partial charge on any atom is 0.227 e. The topological polar surface area (TPSA) is 42.0 Å². The van der Waals surface area contributed by atoms with Crippen molar-refractivity contribution in [2.24, 2.45) is 5.92 Å². The number of likely N-dealkylation sites (tertiary alicyclic amines) is 1. The molecule has 0 saturated carbocycles. The Balaban J connectivity index is 1.61. The van der Waals surface area contributed by atoms with Crippen molar-refractivity contribution in [2.75, 3.05) is 34.4 Å². The van der Waals surface area contributed by atoms with Gasteiger partial charge in [-0.2, -0.15) is 0 Å². The molecule has 6 heteroatoms. The van der Waals surface area contributed by atoms with Gasteiger partial charge in [-0.15, -0.1) is 0 Å². The highest BCUT2D eigenvalue weighted by Crippen LogP contribution is 2.27. The number of nitrogens with zero attached hydrogens (tertiary/aromatic N) is 2. The third-order valence-corrected chi connectivity index (χ3v) is 5.43. The summed E-state index contributed by atoms with van der Waals surface area (Å²) in [6.45, 7) is 2.76. The monoisotopic (exact) mass is 400 g/mol. The largest absolute Gasteiger partial charge is 0.497 e. The standard InChI is InChI=1S/C23H29FN2O3/c1-25(15-18-9-10-21(28-2)13-22(18)29-3)23(27)19-7-5-11-26(16-19)14-17-6-4-8-20(24)12-17/h4,6,8-10,12-13,19H,5,7,11,14-16H2,1-3H3. The van der Waals surface area contributed by atoms with Crippen LogP contribution in [0, 0.1) is 11.7 Å². The lowest BCUT2D eigenvalue weighted by Gasteiger charge is -2.34. The van der Waals surface area contributed by atoms with Gasteiger partial charge >= 0.3 is 0 Å². The average Bonchev–Trinajstić information content (AvgIpc) is 2.73. The van der Waals surface area contributed by atoms with Crippen LogP contribution in [0.15, 0.2) is 42.5 Å². The fraction of sp³-hybridized carbons (Fsp3) is 0.435. The molecule has 2 aromatic rings. The summed E-state index contributed by atoms with van der Waals surface area (Å²) >= 11 is 0. The van der Waals surface area contributed by atoms with Gasteiger partial charge < -0.3 is 14.4 Å². The third kappa shape index (κ3) is 5.48. The lowest BCUT2D eigenvalue weighted by molar-refractivity contribution is -0.136. The van der Waals surface area contributed by atoms with Crippen LogP contribution in [0.1, 0.15) is 24.0 Å². The first-order chi connectivity index (χ1) is 14.0. The van der Waals surface area contributed by atoms with Gasteiger partial charge in [0, 0.05) is 38.3 Å². The molecule has 0 N–H and O–H groups in total. The van der Waals surface area contributed by atoms with E-state index in [1.165, 1.54) is 6.07 Å². The second-order valence-electron chi connectivity index (χ2n) is 7.58. The lowest BCUT2D eigenvalue weighted by atomic mass is 9.96. The molecule has 0 bridgehead atoms. The maximum atomic E-state index is 13.5. The van der Waals surface area contributed by atoms with E-state index in [2.05, 4.69) is 4.90 Å². The predicted octanol–water partition coefficient (Wildman–Crippen LogP) is 3.71. The molecule has 2 aromatic carbocycles. The van der Waals surface area contributed by atoms with E-state index >= 15 is 0 Å². The van der Waals surface area contributed by atoms with Crippen molar-refractivity contribution in [1.29, 1.82) is 0 Å². The summed E-state index contributed by atoms with van der Waals surface area (Å²) in [6.07, 6.45) is 1.84. The summed E-state index contributed by atoms with van der Waals surface area (Å²) in [5.74, 6) is 1.29. The van der Waals surface area contributed by atoms with E-state index < -0.39 is 0 Å². The van der Waals surface area contributed by atoms with Crippen LogP contribution in [-0.2, 0) is 17.9 Å². The molecule has 1 fully saturated rings. The van der Waals surface area contributed by atoms with Gasteiger partial charge in [0.2, 0.25) is 5.91 Å². The number of benzene rings is 2. The van der Waals surface area contributed by atoms with Gasteiger partial charge in [-0.05, 0) is 49.2 Å². The van der Waals surface area contributed by atoms with Crippen molar-refractivity contribution in [3.05, 3.63) is 59.4 Å². The van der Waals surface area contributed by atoms with Crippen LogP contribution in [0.2, 0.25) is 0 Å². The van der Waals surface area contributed by atoms with Gasteiger partial charge in [-0.1, -0.05) is 12.1 Å². The smallest absolute Gasteiger partial charge is 0.227 e. The van der Waals surface area contributed by atoms with E-state index in [4.69, 9.17) is 9.47 Å². The van der Waals surface area contributed by atoms with E-state index in [1.54, 1.807) is 31.3 Å².